The lowest BCUT2D eigenvalue weighted by molar-refractivity contribution is 0.0951. The maximum Gasteiger partial charge on any atom is 0.251 e. The standard InChI is InChI=1S/C14H12FNO/c15-13-8-4-5-11(9-13)10-16-14(17)12-6-2-1-3-7-12/h1-9H,10H2,(H,16,17). The van der Waals surface area contributed by atoms with Gasteiger partial charge in [-0.25, -0.2) is 4.39 Å². The molecule has 1 amide bonds. The second-order valence-corrected chi connectivity index (χ2v) is 3.68. The molecule has 3 heteroatoms. The van der Waals surface area contributed by atoms with Crippen molar-refractivity contribution in [1.82, 2.24) is 5.32 Å². The van der Waals surface area contributed by atoms with E-state index >= 15 is 0 Å². The predicted octanol–water partition coefficient (Wildman–Crippen LogP) is 2.76. The molecule has 1 N–H and O–H groups in total. The van der Waals surface area contributed by atoms with E-state index in [9.17, 15) is 9.18 Å². The first-order chi connectivity index (χ1) is 8.25. The Hall–Kier alpha value is -2.16. The average molecular weight is 229 g/mol. The Labute approximate surface area is 99.1 Å². The van der Waals surface area contributed by atoms with Crippen molar-refractivity contribution < 1.29 is 9.18 Å². The number of hydrogen-bond donors (Lipinski definition) is 1. The van der Waals surface area contributed by atoms with Crippen LogP contribution in [0, 0.1) is 5.82 Å². The molecule has 0 aliphatic carbocycles. The summed E-state index contributed by atoms with van der Waals surface area (Å²) in [5.74, 6) is -0.452. The van der Waals surface area contributed by atoms with Gasteiger partial charge in [0.25, 0.3) is 5.91 Å². The Morgan fingerprint density at radius 1 is 1.06 bits per heavy atom. The van der Waals surface area contributed by atoms with Gasteiger partial charge in [-0.1, -0.05) is 30.3 Å². The molecule has 0 bridgehead atoms. The fraction of sp³-hybridized carbons (Fsp3) is 0.0714. The van der Waals surface area contributed by atoms with Gasteiger partial charge in [-0.3, -0.25) is 4.79 Å². The molecule has 0 aliphatic rings. The van der Waals surface area contributed by atoms with Crippen LogP contribution >= 0.6 is 0 Å². The molecule has 2 nitrogen and oxygen atoms in total. The van der Waals surface area contributed by atoms with Crippen LogP contribution in [-0.2, 0) is 6.54 Å². The van der Waals surface area contributed by atoms with Crippen molar-refractivity contribution in [3.8, 4) is 0 Å². The van der Waals surface area contributed by atoms with E-state index in [-0.39, 0.29) is 11.7 Å². The van der Waals surface area contributed by atoms with E-state index in [0.29, 0.717) is 12.1 Å². The minimum absolute atomic E-state index is 0.158. The zero-order valence-electron chi connectivity index (χ0n) is 9.19. The molecule has 0 aromatic heterocycles. The highest BCUT2D eigenvalue weighted by Gasteiger charge is 2.03. The first-order valence-corrected chi connectivity index (χ1v) is 5.33. The van der Waals surface area contributed by atoms with Gasteiger partial charge >= 0.3 is 0 Å². The Morgan fingerprint density at radius 2 is 1.82 bits per heavy atom. The monoisotopic (exact) mass is 229 g/mol. The minimum Gasteiger partial charge on any atom is -0.348 e. The molecule has 0 aliphatic heterocycles. The molecule has 0 heterocycles. The van der Waals surface area contributed by atoms with Gasteiger partial charge in [0.05, 0.1) is 0 Å². The summed E-state index contributed by atoms with van der Waals surface area (Å²) in [6, 6.07) is 15.1. The van der Waals surface area contributed by atoms with Crippen molar-refractivity contribution in [3.05, 3.63) is 71.5 Å². The molecule has 2 aromatic carbocycles. The van der Waals surface area contributed by atoms with E-state index in [0.717, 1.165) is 5.56 Å². The lowest BCUT2D eigenvalue weighted by atomic mass is 10.2. The maximum absolute atomic E-state index is 12.9. The van der Waals surface area contributed by atoms with E-state index in [1.54, 1.807) is 36.4 Å². The number of carbonyl (C=O) groups excluding carboxylic acids is 1. The second-order valence-electron chi connectivity index (χ2n) is 3.68. The first-order valence-electron chi connectivity index (χ1n) is 5.33. The van der Waals surface area contributed by atoms with E-state index < -0.39 is 0 Å². The SMILES string of the molecule is O=C(NCc1cccc(F)c1)c1ccccc1. The van der Waals surface area contributed by atoms with Gasteiger partial charge in [-0.2, -0.15) is 0 Å². The third-order valence-electron chi connectivity index (χ3n) is 2.38. The molecule has 0 radical (unpaired) electrons. The van der Waals surface area contributed by atoms with Crippen LogP contribution in [0.4, 0.5) is 4.39 Å². The minimum atomic E-state index is -0.295. The summed E-state index contributed by atoms with van der Waals surface area (Å²) in [5, 5.41) is 2.74. The Bertz CT molecular complexity index is 511. The number of amides is 1. The quantitative estimate of drug-likeness (QED) is 0.861. The van der Waals surface area contributed by atoms with Gasteiger partial charge < -0.3 is 5.32 Å². The Morgan fingerprint density at radius 3 is 2.53 bits per heavy atom. The summed E-state index contributed by atoms with van der Waals surface area (Å²) in [7, 11) is 0. The van der Waals surface area contributed by atoms with E-state index in [4.69, 9.17) is 0 Å². The summed E-state index contributed by atoms with van der Waals surface area (Å²) in [4.78, 5) is 11.7. The molecule has 0 fully saturated rings. The van der Waals surface area contributed by atoms with Crippen LogP contribution in [0.3, 0.4) is 0 Å². The molecular formula is C14H12FNO. The van der Waals surface area contributed by atoms with E-state index in [1.807, 2.05) is 6.07 Å². The van der Waals surface area contributed by atoms with Crippen molar-refractivity contribution in [2.75, 3.05) is 0 Å². The number of carbonyl (C=O) groups is 1. The van der Waals surface area contributed by atoms with E-state index in [1.165, 1.54) is 12.1 Å². The lowest BCUT2D eigenvalue weighted by Gasteiger charge is -2.05. The van der Waals surface area contributed by atoms with Crippen LogP contribution in [0.25, 0.3) is 0 Å². The topological polar surface area (TPSA) is 29.1 Å². The van der Waals surface area contributed by atoms with Crippen LogP contribution in [0.1, 0.15) is 15.9 Å². The van der Waals surface area contributed by atoms with Crippen LogP contribution < -0.4 is 5.32 Å². The van der Waals surface area contributed by atoms with Gasteiger partial charge in [0.15, 0.2) is 0 Å². The van der Waals surface area contributed by atoms with Gasteiger partial charge in [0, 0.05) is 12.1 Å². The highest BCUT2D eigenvalue weighted by atomic mass is 19.1. The zero-order chi connectivity index (χ0) is 12.1. The normalized spacial score (nSPS) is 9.94. The van der Waals surface area contributed by atoms with Gasteiger partial charge in [-0.05, 0) is 29.8 Å². The van der Waals surface area contributed by atoms with Gasteiger partial charge in [-0.15, -0.1) is 0 Å². The van der Waals surface area contributed by atoms with E-state index in [2.05, 4.69) is 5.32 Å². The Kier molecular flexibility index (Phi) is 3.50. The number of rotatable bonds is 3. The number of hydrogen-bond acceptors (Lipinski definition) is 1. The highest BCUT2D eigenvalue weighted by Crippen LogP contribution is 2.04. The molecule has 17 heavy (non-hydrogen) atoms. The molecule has 0 saturated heterocycles. The number of nitrogens with one attached hydrogen (secondary N) is 1. The zero-order valence-corrected chi connectivity index (χ0v) is 9.19. The largest absolute Gasteiger partial charge is 0.348 e. The van der Waals surface area contributed by atoms with Crippen molar-refractivity contribution in [2.45, 2.75) is 6.54 Å². The number of halogens is 1. The molecule has 2 aromatic rings. The fourth-order valence-electron chi connectivity index (χ4n) is 1.52. The molecule has 0 spiro atoms. The average Bonchev–Trinajstić information content (AvgIpc) is 2.37. The van der Waals surface area contributed by atoms with Crippen molar-refractivity contribution in [3.63, 3.8) is 0 Å². The maximum atomic E-state index is 12.9. The summed E-state index contributed by atoms with van der Waals surface area (Å²) < 4.78 is 12.9. The molecule has 0 saturated carbocycles. The van der Waals surface area contributed by atoms with Gasteiger partial charge in [0.2, 0.25) is 0 Å². The summed E-state index contributed by atoms with van der Waals surface area (Å²) in [5.41, 5.74) is 1.35. The number of benzene rings is 2. The molecule has 86 valence electrons. The summed E-state index contributed by atoms with van der Waals surface area (Å²) in [6.45, 7) is 0.325. The molecule has 2 rings (SSSR count). The van der Waals surface area contributed by atoms with Crippen molar-refractivity contribution in [1.29, 1.82) is 0 Å². The van der Waals surface area contributed by atoms with Crippen molar-refractivity contribution >= 4 is 5.91 Å². The van der Waals surface area contributed by atoms with Crippen molar-refractivity contribution in [2.24, 2.45) is 0 Å². The Balaban J connectivity index is 1.97. The summed E-state index contributed by atoms with van der Waals surface area (Å²) in [6.07, 6.45) is 0. The second kappa shape index (κ2) is 5.25. The molecule has 0 unspecified atom stereocenters. The third kappa shape index (κ3) is 3.14. The summed E-state index contributed by atoms with van der Waals surface area (Å²) >= 11 is 0. The molecular weight excluding hydrogens is 217 g/mol. The van der Waals surface area contributed by atoms with Crippen LogP contribution in [0.5, 0.6) is 0 Å². The van der Waals surface area contributed by atoms with Crippen LogP contribution in [0.15, 0.2) is 54.6 Å². The molecule has 0 atom stereocenters. The smallest absolute Gasteiger partial charge is 0.251 e. The highest BCUT2D eigenvalue weighted by molar-refractivity contribution is 5.94. The van der Waals surface area contributed by atoms with Gasteiger partial charge in [0.1, 0.15) is 5.82 Å². The van der Waals surface area contributed by atoms with Crippen LogP contribution in [0.2, 0.25) is 0 Å². The first kappa shape index (κ1) is 11.3. The fourth-order valence-corrected chi connectivity index (χ4v) is 1.52. The third-order valence-corrected chi connectivity index (χ3v) is 2.38. The predicted molar refractivity (Wildman–Crippen MR) is 64.0 cm³/mol. The van der Waals surface area contributed by atoms with Crippen LogP contribution in [-0.4, -0.2) is 5.91 Å². The lowest BCUT2D eigenvalue weighted by Crippen LogP contribution is -2.22.